The summed E-state index contributed by atoms with van der Waals surface area (Å²) in [5, 5.41) is 9.90. The number of nitrogens with zero attached hydrogens (tertiary/aromatic N) is 5. The zero-order valence-corrected chi connectivity index (χ0v) is 22.4. The van der Waals surface area contributed by atoms with Gasteiger partial charge in [0.2, 0.25) is 0 Å². The molecule has 182 valence electrons. The molecule has 0 aliphatic heterocycles. The van der Waals surface area contributed by atoms with Crippen LogP contribution >= 0.6 is 23.1 Å². The topological polar surface area (TPSA) is 65.1 Å². The highest BCUT2D eigenvalue weighted by molar-refractivity contribution is 7.98. The number of aryl methyl sites for hydroxylation is 2. The van der Waals surface area contributed by atoms with Crippen LogP contribution < -0.4 is 5.56 Å². The van der Waals surface area contributed by atoms with Crippen LogP contribution in [0.4, 0.5) is 0 Å². The lowest BCUT2D eigenvalue weighted by atomic mass is 9.72. The summed E-state index contributed by atoms with van der Waals surface area (Å²) >= 11 is 3.40. The first-order valence-corrected chi connectivity index (χ1v) is 13.8. The van der Waals surface area contributed by atoms with Crippen LogP contribution in [0, 0.1) is 18.3 Å². The molecule has 4 aromatic rings. The van der Waals surface area contributed by atoms with Gasteiger partial charge >= 0.3 is 0 Å². The number of rotatable bonds is 6. The largest absolute Gasteiger partial charge is 0.297 e. The number of hydrogen-bond acceptors (Lipinski definition) is 6. The maximum absolute atomic E-state index is 12.5. The van der Waals surface area contributed by atoms with Crippen molar-refractivity contribution in [2.24, 2.45) is 11.3 Å². The van der Waals surface area contributed by atoms with Crippen LogP contribution in [0.1, 0.15) is 48.9 Å². The van der Waals surface area contributed by atoms with Gasteiger partial charge in [-0.1, -0.05) is 38.6 Å². The van der Waals surface area contributed by atoms with E-state index >= 15 is 0 Å². The highest BCUT2D eigenvalue weighted by Crippen LogP contribution is 2.42. The van der Waals surface area contributed by atoms with Gasteiger partial charge in [-0.25, -0.2) is 4.98 Å². The Morgan fingerprint density at radius 3 is 2.86 bits per heavy atom. The van der Waals surface area contributed by atoms with E-state index in [9.17, 15) is 4.79 Å². The molecule has 6 nitrogen and oxygen atoms in total. The summed E-state index contributed by atoms with van der Waals surface area (Å²) in [5.41, 5.74) is 4.19. The minimum atomic E-state index is -0.0726. The molecule has 0 aromatic carbocycles. The Bertz CT molecular complexity index is 1460. The average molecular weight is 506 g/mol. The predicted molar refractivity (Wildman–Crippen MR) is 144 cm³/mol. The highest BCUT2D eigenvalue weighted by atomic mass is 32.2. The zero-order chi connectivity index (χ0) is 24.7. The number of thioether (sulfide) groups is 1. The van der Waals surface area contributed by atoms with Gasteiger partial charge in [-0.05, 0) is 66.8 Å². The van der Waals surface area contributed by atoms with Crippen molar-refractivity contribution < 1.29 is 0 Å². The van der Waals surface area contributed by atoms with E-state index in [2.05, 4.69) is 48.2 Å². The number of hydrogen-bond donors (Lipinski definition) is 0. The van der Waals surface area contributed by atoms with Crippen LogP contribution in [-0.4, -0.2) is 24.1 Å². The maximum Gasteiger partial charge on any atom is 0.258 e. The summed E-state index contributed by atoms with van der Waals surface area (Å²) in [6, 6.07) is 7.76. The summed E-state index contributed by atoms with van der Waals surface area (Å²) < 4.78 is 3.69. The number of pyridine rings is 1. The van der Waals surface area contributed by atoms with Crippen molar-refractivity contribution in [3.63, 3.8) is 0 Å². The molecule has 0 amide bonds. The van der Waals surface area contributed by atoms with Crippen molar-refractivity contribution in [3.05, 3.63) is 75.2 Å². The summed E-state index contributed by atoms with van der Waals surface area (Å²) in [6.45, 7) is 13.6. The van der Waals surface area contributed by atoms with Crippen molar-refractivity contribution >= 4 is 28.7 Å². The van der Waals surface area contributed by atoms with E-state index in [0.29, 0.717) is 29.3 Å². The molecule has 0 N–H and O–H groups in total. The Morgan fingerprint density at radius 2 is 2.09 bits per heavy atom. The first-order valence-electron chi connectivity index (χ1n) is 12.0. The third kappa shape index (κ3) is 4.86. The molecule has 1 unspecified atom stereocenters. The molecule has 0 saturated heterocycles. The molecule has 1 aliphatic rings. The molecule has 1 atom stereocenters. The lowest BCUT2D eigenvalue weighted by molar-refractivity contribution is 0.217. The van der Waals surface area contributed by atoms with Gasteiger partial charge in [-0.3, -0.25) is 13.8 Å². The molecule has 0 bridgehead atoms. The second-order valence-corrected chi connectivity index (χ2v) is 12.5. The third-order valence-corrected chi connectivity index (χ3v) is 9.01. The van der Waals surface area contributed by atoms with E-state index in [-0.39, 0.29) is 5.56 Å². The van der Waals surface area contributed by atoms with Crippen LogP contribution in [0.3, 0.4) is 0 Å². The molecular weight excluding hydrogens is 474 g/mol. The van der Waals surface area contributed by atoms with Crippen LogP contribution in [0.25, 0.3) is 16.3 Å². The van der Waals surface area contributed by atoms with Gasteiger partial charge in [-0.2, -0.15) is 0 Å². The summed E-state index contributed by atoms with van der Waals surface area (Å²) in [4.78, 5) is 19.9. The highest BCUT2D eigenvalue weighted by Gasteiger charge is 2.30. The predicted octanol–water partition coefficient (Wildman–Crippen LogP) is 5.95. The molecule has 35 heavy (non-hydrogen) atoms. The van der Waals surface area contributed by atoms with Gasteiger partial charge in [0, 0.05) is 29.4 Å². The van der Waals surface area contributed by atoms with E-state index < -0.39 is 0 Å². The van der Waals surface area contributed by atoms with Gasteiger partial charge in [0.15, 0.2) is 11.0 Å². The quantitative estimate of drug-likeness (QED) is 0.239. The Morgan fingerprint density at radius 1 is 1.26 bits per heavy atom. The molecule has 5 rings (SSSR count). The number of thiophene rings is 1. The summed E-state index contributed by atoms with van der Waals surface area (Å²) in [5.74, 6) is 2.14. The number of aromatic nitrogens is 5. The molecule has 0 saturated carbocycles. The van der Waals surface area contributed by atoms with Crippen LogP contribution in [0.15, 0.2) is 53.1 Å². The fraction of sp³-hybridized carbons (Fsp3) is 0.407. The van der Waals surface area contributed by atoms with Crippen molar-refractivity contribution in [1.29, 1.82) is 0 Å². The lowest BCUT2D eigenvalue weighted by Gasteiger charge is -2.33. The monoisotopic (exact) mass is 505 g/mol. The maximum atomic E-state index is 12.5. The summed E-state index contributed by atoms with van der Waals surface area (Å²) in [7, 11) is 0. The van der Waals surface area contributed by atoms with E-state index in [4.69, 9.17) is 4.98 Å². The molecule has 1 aliphatic carbocycles. The smallest absolute Gasteiger partial charge is 0.258 e. The molecular formula is C27H31N5OS2. The van der Waals surface area contributed by atoms with E-state index in [0.717, 1.165) is 35.1 Å². The molecule has 4 heterocycles. The summed E-state index contributed by atoms with van der Waals surface area (Å²) in [6.07, 6.45) is 7.17. The second-order valence-electron chi connectivity index (χ2n) is 10.4. The fourth-order valence-electron chi connectivity index (χ4n) is 4.71. The van der Waals surface area contributed by atoms with Crippen molar-refractivity contribution in [2.45, 2.75) is 64.4 Å². The minimum absolute atomic E-state index is 0.0726. The second kappa shape index (κ2) is 9.39. The molecule has 8 heteroatoms. The van der Waals surface area contributed by atoms with Crippen molar-refractivity contribution in [3.8, 4) is 10.7 Å². The van der Waals surface area contributed by atoms with Crippen LogP contribution in [0.5, 0.6) is 0 Å². The van der Waals surface area contributed by atoms with E-state index in [1.807, 2.05) is 36.5 Å². The molecule has 0 spiro atoms. The van der Waals surface area contributed by atoms with Crippen molar-refractivity contribution in [1.82, 2.24) is 24.1 Å². The van der Waals surface area contributed by atoms with Gasteiger partial charge < -0.3 is 0 Å². The van der Waals surface area contributed by atoms with Crippen molar-refractivity contribution in [2.75, 3.05) is 0 Å². The SMILES string of the molecule is C=CCn1c(SCc2cc(=O)n3ccc(C)cc3n2)nnc1-c1cc2c(s1)CCC(C(C)(C)C)C2. The first-order chi connectivity index (χ1) is 16.7. The molecule has 4 aromatic heterocycles. The zero-order valence-electron chi connectivity index (χ0n) is 20.7. The Balaban J connectivity index is 1.40. The van der Waals surface area contributed by atoms with Crippen LogP contribution in [-0.2, 0) is 25.1 Å². The number of fused-ring (bicyclic) bond motifs is 2. The number of allylic oxidation sites excluding steroid dienone is 1. The minimum Gasteiger partial charge on any atom is -0.297 e. The average Bonchev–Trinajstić information content (AvgIpc) is 3.40. The van der Waals surface area contributed by atoms with Gasteiger partial charge in [-0.15, -0.1) is 28.1 Å². The Labute approximate surface area is 214 Å². The normalized spacial score (nSPS) is 15.9. The first kappa shape index (κ1) is 24.0. The Hall–Kier alpha value is -2.71. The van der Waals surface area contributed by atoms with Gasteiger partial charge in [0.05, 0.1) is 10.6 Å². The van der Waals surface area contributed by atoms with Gasteiger partial charge in [0.1, 0.15) is 5.65 Å². The van der Waals surface area contributed by atoms with E-state index in [1.54, 1.807) is 28.4 Å². The standard InChI is InChI=1S/C27H31N5OS2/c1-6-10-32-25(22-14-18-13-19(27(3,4)5)7-8-21(18)35-22)29-30-26(32)34-16-20-15-24(33)31-11-9-17(2)12-23(31)28-20/h6,9,11-12,14-15,19H,1,7-8,10,13,16H2,2-5H3. The lowest BCUT2D eigenvalue weighted by Crippen LogP contribution is -2.26. The molecule has 0 fully saturated rings. The van der Waals surface area contributed by atoms with Gasteiger partial charge in [0.25, 0.3) is 5.56 Å². The fourth-order valence-corrected chi connectivity index (χ4v) is 6.75. The molecule has 0 radical (unpaired) electrons. The Kier molecular flexibility index (Phi) is 6.44. The van der Waals surface area contributed by atoms with Crippen LogP contribution in [0.2, 0.25) is 0 Å². The third-order valence-electron chi connectivity index (χ3n) is 6.78. The van der Waals surface area contributed by atoms with E-state index in [1.165, 1.54) is 21.7 Å².